The normalized spacial score (nSPS) is 17.5. The summed E-state index contributed by atoms with van der Waals surface area (Å²) in [4.78, 5) is 23.3. The average molecular weight is 294 g/mol. The summed E-state index contributed by atoms with van der Waals surface area (Å²) in [5.41, 5.74) is 5.92. The van der Waals surface area contributed by atoms with Crippen molar-refractivity contribution in [3.8, 4) is 0 Å². The van der Waals surface area contributed by atoms with Crippen LogP contribution in [0.15, 0.2) is 29.4 Å². The van der Waals surface area contributed by atoms with Crippen LogP contribution >= 0.6 is 0 Å². The van der Waals surface area contributed by atoms with Crippen LogP contribution in [-0.2, 0) is 9.59 Å². The summed E-state index contributed by atoms with van der Waals surface area (Å²) >= 11 is 0. The Morgan fingerprint density at radius 2 is 2.10 bits per heavy atom. The zero-order valence-corrected chi connectivity index (χ0v) is 11.1. The van der Waals surface area contributed by atoms with E-state index >= 15 is 0 Å². The summed E-state index contributed by atoms with van der Waals surface area (Å²) in [6.45, 7) is -0.102. The van der Waals surface area contributed by atoms with Crippen molar-refractivity contribution < 1.29 is 19.1 Å². The van der Waals surface area contributed by atoms with Crippen LogP contribution < -0.4 is 16.1 Å². The highest BCUT2D eigenvalue weighted by Gasteiger charge is 2.34. The van der Waals surface area contributed by atoms with Gasteiger partial charge in [-0.2, -0.15) is 5.10 Å². The molecular formula is C13H15FN4O3. The minimum Gasteiger partial charge on any atom is -0.395 e. The van der Waals surface area contributed by atoms with Gasteiger partial charge in [0, 0.05) is 13.0 Å². The predicted octanol–water partition coefficient (Wildman–Crippen LogP) is -0.646. The summed E-state index contributed by atoms with van der Waals surface area (Å²) in [5, 5.41) is 16.5. The fourth-order valence-corrected chi connectivity index (χ4v) is 1.97. The first-order valence-electron chi connectivity index (χ1n) is 6.33. The predicted molar refractivity (Wildman–Crippen MR) is 74.0 cm³/mol. The molecule has 0 bridgehead atoms. The number of hydrazone groups is 1. The van der Waals surface area contributed by atoms with Crippen LogP contribution in [0.1, 0.15) is 6.42 Å². The highest BCUT2D eigenvalue weighted by molar-refractivity contribution is 6.40. The molecule has 1 aromatic carbocycles. The number of carbonyl (C=O) groups excluding carboxylic acids is 2. The van der Waals surface area contributed by atoms with Crippen LogP contribution in [0.2, 0.25) is 0 Å². The molecule has 0 aromatic heterocycles. The maximum atomic E-state index is 12.9. The van der Waals surface area contributed by atoms with Crippen molar-refractivity contribution in [3.63, 3.8) is 0 Å². The Balaban J connectivity index is 2.23. The zero-order chi connectivity index (χ0) is 15.4. The number of hydrogen-bond donors (Lipinski definition) is 3. The number of anilines is 1. The maximum absolute atomic E-state index is 12.9. The number of amides is 2. The van der Waals surface area contributed by atoms with Gasteiger partial charge in [0.1, 0.15) is 17.6 Å². The minimum absolute atomic E-state index is 0.0595. The number of primary amides is 1. The molecule has 112 valence electrons. The van der Waals surface area contributed by atoms with Crippen LogP contribution in [0.5, 0.6) is 0 Å². The number of aliphatic hydroxyl groups is 1. The maximum Gasteiger partial charge on any atom is 0.267 e. The van der Waals surface area contributed by atoms with Gasteiger partial charge in [-0.05, 0) is 24.3 Å². The van der Waals surface area contributed by atoms with Gasteiger partial charge in [0.2, 0.25) is 5.91 Å². The molecule has 8 heteroatoms. The molecule has 0 saturated carbocycles. The number of rotatable bonds is 5. The molecule has 2 amide bonds. The summed E-state index contributed by atoms with van der Waals surface area (Å²) in [5.74, 6) is -1.52. The summed E-state index contributed by atoms with van der Waals surface area (Å²) in [6.07, 6.45) is 0.0595. The topological polar surface area (TPSA) is 108 Å². The van der Waals surface area contributed by atoms with E-state index in [1.807, 2.05) is 0 Å². The van der Waals surface area contributed by atoms with E-state index in [9.17, 15) is 14.0 Å². The Bertz CT molecular complexity index is 573. The molecule has 1 unspecified atom stereocenters. The van der Waals surface area contributed by atoms with Crippen molar-refractivity contribution in [1.29, 1.82) is 0 Å². The van der Waals surface area contributed by atoms with E-state index in [1.54, 1.807) is 0 Å². The third-order valence-electron chi connectivity index (χ3n) is 2.99. The van der Waals surface area contributed by atoms with E-state index < -0.39 is 23.7 Å². The van der Waals surface area contributed by atoms with E-state index in [-0.39, 0.29) is 25.3 Å². The summed E-state index contributed by atoms with van der Waals surface area (Å²) < 4.78 is 12.9. The minimum atomic E-state index is -0.801. The van der Waals surface area contributed by atoms with Crippen molar-refractivity contribution >= 4 is 23.2 Å². The zero-order valence-electron chi connectivity index (χ0n) is 11.1. The van der Waals surface area contributed by atoms with Gasteiger partial charge in [-0.25, -0.2) is 4.39 Å². The van der Waals surface area contributed by atoms with Gasteiger partial charge in [-0.3, -0.25) is 14.6 Å². The number of nitrogens with zero attached hydrogens (tertiary/aromatic N) is 2. The highest BCUT2D eigenvalue weighted by atomic mass is 19.1. The third kappa shape index (κ3) is 3.34. The molecule has 1 aliphatic rings. The van der Waals surface area contributed by atoms with Crippen molar-refractivity contribution in [3.05, 3.63) is 30.1 Å². The van der Waals surface area contributed by atoms with Crippen LogP contribution in [-0.4, -0.2) is 41.8 Å². The van der Waals surface area contributed by atoms with Crippen LogP contribution in [0, 0.1) is 5.82 Å². The number of aliphatic hydroxyl groups excluding tert-OH is 1. The number of benzene rings is 1. The molecule has 0 saturated heterocycles. The third-order valence-corrected chi connectivity index (χ3v) is 2.99. The Hall–Kier alpha value is -2.48. The van der Waals surface area contributed by atoms with E-state index in [2.05, 4.69) is 10.4 Å². The lowest BCUT2D eigenvalue weighted by atomic mass is 10.1. The average Bonchev–Trinajstić information content (AvgIpc) is 2.91. The largest absolute Gasteiger partial charge is 0.395 e. The first-order valence-corrected chi connectivity index (χ1v) is 6.33. The fourth-order valence-electron chi connectivity index (χ4n) is 1.97. The van der Waals surface area contributed by atoms with Crippen LogP contribution in [0.3, 0.4) is 0 Å². The second-order valence-electron chi connectivity index (χ2n) is 4.47. The lowest BCUT2D eigenvalue weighted by Gasteiger charge is -2.20. The number of halogens is 1. The molecule has 1 heterocycles. The molecule has 2 rings (SSSR count). The Kier molecular flexibility index (Phi) is 4.49. The first-order chi connectivity index (χ1) is 10.0. The van der Waals surface area contributed by atoms with Crippen LogP contribution in [0.4, 0.5) is 10.1 Å². The lowest BCUT2D eigenvalue weighted by Crippen LogP contribution is -2.40. The van der Waals surface area contributed by atoms with Crippen LogP contribution in [0.25, 0.3) is 0 Å². The Labute approximate surface area is 120 Å². The van der Waals surface area contributed by atoms with Gasteiger partial charge in [0.15, 0.2) is 0 Å². The summed E-state index contributed by atoms with van der Waals surface area (Å²) in [6, 6.07) is 4.55. The van der Waals surface area contributed by atoms with Gasteiger partial charge >= 0.3 is 0 Å². The monoisotopic (exact) mass is 294 g/mol. The molecule has 1 aliphatic heterocycles. The lowest BCUT2D eigenvalue weighted by molar-refractivity contribution is -0.119. The quantitative estimate of drug-likeness (QED) is 0.671. The number of nitrogens with one attached hydrogen (secondary N) is 1. The molecule has 1 aromatic rings. The second-order valence-corrected chi connectivity index (χ2v) is 4.47. The van der Waals surface area contributed by atoms with Crippen molar-refractivity contribution in [2.24, 2.45) is 10.8 Å². The second kappa shape index (κ2) is 6.31. The molecule has 4 N–H and O–H groups in total. The number of hydrogen-bond acceptors (Lipinski definition) is 5. The summed E-state index contributed by atoms with van der Waals surface area (Å²) in [7, 11) is 0. The van der Waals surface area contributed by atoms with Gasteiger partial charge in [-0.15, -0.1) is 0 Å². The van der Waals surface area contributed by atoms with Crippen molar-refractivity contribution in [2.75, 3.05) is 18.2 Å². The van der Waals surface area contributed by atoms with Gasteiger partial charge in [0.05, 0.1) is 12.3 Å². The fraction of sp³-hybridized carbons (Fsp3) is 0.308. The molecule has 21 heavy (non-hydrogen) atoms. The standard InChI is InChI=1S/C13H15FN4O3/c14-8-1-3-9(4-2-8)18-11(12(15)20)7-10(17-18)13(21)16-5-6-19/h1-4,11,19H,5-7H2,(H2,15,20)(H,16,21). The molecule has 0 fully saturated rings. The first kappa shape index (κ1) is 14.9. The van der Waals surface area contributed by atoms with E-state index in [0.29, 0.717) is 5.69 Å². The smallest absolute Gasteiger partial charge is 0.267 e. The Morgan fingerprint density at radius 1 is 1.43 bits per heavy atom. The highest BCUT2D eigenvalue weighted by Crippen LogP contribution is 2.24. The molecule has 7 nitrogen and oxygen atoms in total. The molecule has 0 aliphatic carbocycles. The van der Waals surface area contributed by atoms with E-state index in [0.717, 1.165) is 0 Å². The Morgan fingerprint density at radius 3 is 2.67 bits per heavy atom. The number of nitrogens with two attached hydrogens (primary N) is 1. The van der Waals surface area contributed by atoms with E-state index in [4.69, 9.17) is 10.8 Å². The van der Waals surface area contributed by atoms with Gasteiger partial charge in [0.25, 0.3) is 5.91 Å². The molecule has 1 atom stereocenters. The van der Waals surface area contributed by atoms with Gasteiger partial charge in [-0.1, -0.05) is 0 Å². The molecular weight excluding hydrogens is 279 g/mol. The van der Waals surface area contributed by atoms with E-state index in [1.165, 1.54) is 29.3 Å². The van der Waals surface area contributed by atoms with Crippen molar-refractivity contribution in [2.45, 2.75) is 12.5 Å². The molecule has 0 spiro atoms. The van der Waals surface area contributed by atoms with Crippen molar-refractivity contribution in [1.82, 2.24) is 5.32 Å². The number of carbonyl (C=O) groups is 2. The van der Waals surface area contributed by atoms with Gasteiger partial charge < -0.3 is 16.2 Å². The SMILES string of the molecule is NC(=O)C1CC(C(=O)NCCO)=NN1c1ccc(F)cc1. The molecule has 0 radical (unpaired) electrons.